The Labute approximate surface area is 146 Å². The molecule has 0 fully saturated rings. The number of amides is 2. The standard InChI is InChI=1S/C19H20N2O4/c1-13-19(24)21(16-5-3-4-6-17(16)25-13)12-18(23)20(2)11-14-7-9-15(22)10-8-14/h3-10,13,22H,11-12H2,1-2H3/t13-/m1/s1. The van der Waals surface area contributed by atoms with Gasteiger partial charge in [0.05, 0.1) is 5.69 Å². The van der Waals surface area contributed by atoms with Crippen LogP contribution in [-0.4, -0.2) is 41.5 Å². The lowest BCUT2D eigenvalue weighted by molar-refractivity contribution is -0.132. The van der Waals surface area contributed by atoms with Crippen molar-refractivity contribution in [2.45, 2.75) is 19.6 Å². The SMILES string of the molecule is C[C@H]1Oc2ccccc2N(CC(=O)N(C)Cc2ccc(O)cc2)C1=O. The molecule has 0 bridgehead atoms. The maximum absolute atomic E-state index is 12.6. The molecule has 6 nitrogen and oxygen atoms in total. The first-order valence-electron chi connectivity index (χ1n) is 8.04. The number of aromatic hydroxyl groups is 1. The Morgan fingerprint density at radius 3 is 2.60 bits per heavy atom. The Bertz CT molecular complexity index is 788. The number of fused-ring (bicyclic) bond motifs is 1. The molecule has 0 radical (unpaired) electrons. The number of carbonyl (C=O) groups excluding carboxylic acids is 2. The molecule has 0 spiro atoms. The second-order valence-corrected chi connectivity index (χ2v) is 6.07. The minimum Gasteiger partial charge on any atom is -0.508 e. The van der Waals surface area contributed by atoms with Crippen molar-refractivity contribution in [3.63, 3.8) is 0 Å². The van der Waals surface area contributed by atoms with Crippen molar-refractivity contribution >= 4 is 17.5 Å². The first-order chi connectivity index (χ1) is 12.0. The summed E-state index contributed by atoms with van der Waals surface area (Å²) in [7, 11) is 1.69. The van der Waals surface area contributed by atoms with Crippen molar-refractivity contribution in [2.24, 2.45) is 0 Å². The van der Waals surface area contributed by atoms with E-state index in [1.807, 2.05) is 12.1 Å². The van der Waals surface area contributed by atoms with E-state index in [-0.39, 0.29) is 24.1 Å². The molecule has 1 aliphatic rings. The summed E-state index contributed by atoms with van der Waals surface area (Å²) in [4.78, 5) is 28.1. The highest BCUT2D eigenvalue weighted by Gasteiger charge is 2.33. The number of phenolic OH excluding ortho intramolecular Hbond substituents is 1. The van der Waals surface area contributed by atoms with E-state index in [4.69, 9.17) is 4.74 Å². The maximum Gasteiger partial charge on any atom is 0.268 e. The second kappa shape index (κ2) is 6.84. The van der Waals surface area contributed by atoms with Crippen LogP contribution in [0.3, 0.4) is 0 Å². The molecule has 0 saturated heterocycles. The van der Waals surface area contributed by atoms with Crippen LogP contribution in [0.2, 0.25) is 0 Å². The third kappa shape index (κ3) is 3.57. The van der Waals surface area contributed by atoms with E-state index in [0.717, 1.165) is 5.56 Å². The van der Waals surface area contributed by atoms with Crippen LogP contribution in [-0.2, 0) is 16.1 Å². The Hall–Kier alpha value is -3.02. The van der Waals surface area contributed by atoms with Crippen molar-refractivity contribution in [1.29, 1.82) is 0 Å². The van der Waals surface area contributed by atoms with Gasteiger partial charge in [0, 0.05) is 13.6 Å². The van der Waals surface area contributed by atoms with E-state index >= 15 is 0 Å². The molecule has 3 rings (SSSR count). The van der Waals surface area contributed by atoms with Crippen LogP contribution >= 0.6 is 0 Å². The smallest absolute Gasteiger partial charge is 0.268 e. The number of likely N-dealkylation sites (N-methyl/N-ethyl adjacent to an activating group) is 1. The molecule has 6 heteroatoms. The fourth-order valence-corrected chi connectivity index (χ4v) is 2.74. The van der Waals surface area contributed by atoms with Gasteiger partial charge in [0.25, 0.3) is 5.91 Å². The first kappa shape index (κ1) is 16.8. The predicted molar refractivity (Wildman–Crippen MR) is 93.5 cm³/mol. The van der Waals surface area contributed by atoms with Gasteiger partial charge in [-0.15, -0.1) is 0 Å². The van der Waals surface area contributed by atoms with Crippen LogP contribution < -0.4 is 9.64 Å². The fourth-order valence-electron chi connectivity index (χ4n) is 2.74. The van der Waals surface area contributed by atoms with Gasteiger partial charge in [0.15, 0.2) is 6.10 Å². The Morgan fingerprint density at radius 2 is 1.88 bits per heavy atom. The van der Waals surface area contributed by atoms with Crippen LogP contribution in [0.15, 0.2) is 48.5 Å². The van der Waals surface area contributed by atoms with Crippen molar-refractivity contribution in [3.05, 3.63) is 54.1 Å². The number of carbonyl (C=O) groups is 2. The molecule has 2 amide bonds. The number of hydrogen-bond donors (Lipinski definition) is 1. The zero-order valence-electron chi connectivity index (χ0n) is 14.2. The molecule has 1 heterocycles. The van der Waals surface area contributed by atoms with Gasteiger partial charge in [-0.05, 0) is 36.8 Å². The van der Waals surface area contributed by atoms with Crippen LogP contribution in [0.25, 0.3) is 0 Å². The fraction of sp³-hybridized carbons (Fsp3) is 0.263. The number of benzene rings is 2. The largest absolute Gasteiger partial charge is 0.508 e. The number of hydrogen-bond acceptors (Lipinski definition) is 4. The lowest BCUT2D eigenvalue weighted by Gasteiger charge is -2.33. The molecule has 2 aromatic carbocycles. The van der Waals surface area contributed by atoms with Crippen molar-refractivity contribution in [2.75, 3.05) is 18.5 Å². The van der Waals surface area contributed by atoms with Gasteiger partial charge in [-0.3, -0.25) is 14.5 Å². The van der Waals surface area contributed by atoms with Gasteiger partial charge in [-0.1, -0.05) is 24.3 Å². The summed E-state index contributed by atoms with van der Waals surface area (Å²) < 4.78 is 5.58. The number of nitrogens with zero attached hydrogens (tertiary/aromatic N) is 2. The van der Waals surface area contributed by atoms with Crippen molar-refractivity contribution in [1.82, 2.24) is 4.90 Å². The number of phenols is 1. The van der Waals surface area contributed by atoms with Crippen LogP contribution in [0, 0.1) is 0 Å². The van der Waals surface area contributed by atoms with E-state index < -0.39 is 6.10 Å². The topological polar surface area (TPSA) is 70.1 Å². The van der Waals surface area contributed by atoms with Crippen molar-refractivity contribution < 1.29 is 19.4 Å². The number of para-hydroxylation sites is 2. The first-order valence-corrected chi connectivity index (χ1v) is 8.04. The summed E-state index contributed by atoms with van der Waals surface area (Å²) >= 11 is 0. The third-order valence-electron chi connectivity index (χ3n) is 4.15. The quantitative estimate of drug-likeness (QED) is 0.926. The second-order valence-electron chi connectivity index (χ2n) is 6.07. The molecular formula is C19H20N2O4. The van der Waals surface area contributed by atoms with Crippen LogP contribution in [0.1, 0.15) is 12.5 Å². The zero-order chi connectivity index (χ0) is 18.0. The minimum atomic E-state index is -0.620. The average molecular weight is 340 g/mol. The van der Waals surface area contributed by atoms with Crippen molar-refractivity contribution in [3.8, 4) is 11.5 Å². The van der Waals surface area contributed by atoms with Gasteiger partial charge in [0.1, 0.15) is 18.0 Å². The minimum absolute atomic E-state index is 0.0435. The lowest BCUT2D eigenvalue weighted by atomic mass is 10.1. The molecule has 130 valence electrons. The summed E-state index contributed by atoms with van der Waals surface area (Å²) in [5, 5.41) is 9.33. The Kier molecular flexibility index (Phi) is 4.61. The maximum atomic E-state index is 12.6. The lowest BCUT2D eigenvalue weighted by Crippen LogP contribution is -2.48. The predicted octanol–water partition coefficient (Wildman–Crippen LogP) is 2.16. The molecule has 0 saturated carbocycles. The average Bonchev–Trinajstić information content (AvgIpc) is 2.60. The zero-order valence-corrected chi connectivity index (χ0v) is 14.2. The highest BCUT2D eigenvalue weighted by molar-refractivity contribution is 6.03. The van der Waals surface area contributed by atoms with Gasteiger partial charge in [0.2, 0.25) is 5.91 Å². The van der Waals surface area contributed by atoms with E-state index in [1.54, 1.807) is 55.3 Å². The summed E-state index contributed by atoms with van der Waals surface area (Å²) in [6, 6.07) is 13.9. The molecule has 0 aromatic heterocycles. The summed E-state index contributed by atoms with van der Waals surface area (Å²) in [5.41, 5.74) is 1.51. The van der Waals surface area contributed by atoms with Gasteiger partial charge < -0.3 is 14.7 Å². The molecule has 1 aliphatic heterocycles. The van der Waals surface area contributed by atoms with E-state index in [9.17, 15) is 14.7 Å². The van der Waals surface area contributed by atoms with E-state index in [2.05, 4.69) is 0 Å². The van der Waals surface area contributed by atoms with Gasteiger partial charge in [-0.2, -0.15) is 0 Å². The van der Waals surface area contributed by atoms with Crippen LogP contribution in [0.4, 0.5) is 5.69 Å². The number of ether oxygens (including phenoxy) is 1. The molecule has 2 aromatic rings. The number of rotatable bonds is 4. The normalized spacial score (nSPS) is 16.2. The summed E-state index contributed by atoms with van der Waals surface area (Å²) in [6.45, 7) is 2.03. The Morgan fingerprint density at radius 1 is 1.20 bits per heavy atom. The molecule has 1 N–H and O–H groups in total. The molecule has 0 aliphatic carbocycles. The van der Waals surface area contributed by atoms with Gasteiger partial charge >= 0.3 is 0 Å². The highest BCUT2D eigenvalue weighted by atomic mass is 16.5. The number of anilines is 1. The highest BCUT2D eigenvalue weighted by Crippen LogP contribution is 2.33. The van der Waals surface area contributed by atoms with E-state index in [1.165, 1.54) is 4.90 Å². The molecule has 25 heavy (non-hydrogen) atoms. The van der Waals surface area contributed by atoms with Crippen LogP contribution in [0.5, 0.6) is 11.5 Å². The monoisotopic (exact) mass is 340 g/mol. The molecular weight excluding hydrogens is 320 g/mol. The Balaban J connectivity index is 1.73. The molecule has 0 unspecified atom stereocenters. The van der Waals surface area contributed by atoms with E-state index in [0.29, 0.717) is 18.0 Å². The summed E-state index contributed by atoms with van der Waals surface area (Å²) in [5.74, 6) is 0.376. The third-order valence-corrected chi connectivity index (χ3v) is 4.15. The summed E-state index contributed by atoms with van der Waals surface area (Å²) in [6.07, 6.45) is -0.620. The van der Waals surface area contributed by atoms with Gasteiger partial charge in [-0.25, -0.2) is 0 Å². The molecule has 1 atom stereocenters.